The van der Waals surface area contributed by atoms with Crippen LogP contribution in [0.2, 0.25) is 0 Å². The molecule has 0 aromatic carbocycles. The number of nitrogens with zero attached hydrogens (tertiary/aromatic N) is 1. The van der Waals surface area contributed by atoms with Gasteiger partial charge >= 0.3 is 0 Å². The minimum absolute atomic E-state index is 0.103. The molecule has 0 spiro atoms. The van der Waals surface area contributed by atoms with Crippen LogP contribution in [0.4, 0.5) is 0 Å². The molecule has 5 heteroatoms. The molecule has 1 aliphatic rings. The van der Waals surface area contributed by atoms with E-state index in [9.17, 15) is 8.42 Å². The van der Waals surface area contributed by atoms with Gasteiger partial charge in [-0.05, 0) is 37.8 Å². The van der Waals surface area contributed by atoms with E-state index in [1.807, 2.05) is 0 Å². The molecule has 0 aliphatic carbocycles. The Morgan fingerprint density at radius 2 is 1.83 bits per heavy atom. The van der Waals surface area contributed by atoms with Crippen molar-refractivity contribution in [2.75, 3.05) is 31.1 Å². The van der Waals surface area contributed by atoms with Crippen LogP contribution in [0.3, 0.4) is 0 Å². The van der Waals surface area contributed by atoms with Gasteiger partial charge in [0.1, 0.15) is 9.84 Å². The van der Waals surface area contributed by atoms with Gasteiger partial charge in [-0.2, -0.15) is 0 Å². The minimum Gasteiger partial charge on any atom is -0.330 e. The zero-order valence-electron chi connectivity index (χ0n) is 12.0. The number of hydrogen-bond donors (Lipinski definition) is 1. The molecule has 0 saturated carbocycles. The molecule has 0 bridgehead atoms. The van der Waals surface area contributed by atoms with Crippen molar-refractivity contribution in [3.8, 4) is 0 Å². The molecule has 1 rings (SSSR count). The molecule has 0 unspecified atom stereocenters. The summed E-state index contributed by atoms with van der Waals surface area (Å²) in [4.78, 5) is 2.45. The Kier molecular flexibility index (Phi) is 5.62. The summed E-state index contributed by atoms with van der Waals surface area (Å²) in [5.74, 6) is 0.696. The Bertz CT molecular complexity index is 338. The molecule has 1 fully saturated rings. The van der Waals surface area contributed by atoms with Crippen molar-refractivity contribution in [3.63, 3.8) is 0 Å². The molecule has 2 N–H and O–H groups in total. The monoisotopic (exact) mass is 276 g/mol. The topological polar surface area (TPSA) is 63.4 Å². The van der Waals surface area contributed by atoms with E-state index in [-0.39, 0.29) is 5.41 Å². The van der Waals surface area contributed by atoms with Crippen molar-refractivity contribution in [2.24, 2.45) is 11.1 Å². The molecule has 0 atom stereocenters. The first-order valence-electron chi connectivity index (χ1n) is 6.94. The summed E-state index contributed by atoms with van der Waals surface area (Å²) in [6.07, 6.45) is 2.66. The first kappa shape index (κ1) is 15.9. The lowest BCUT2D eigenvalue weighted by atomic mass is 9.91. The van der Waals surface area contributed by atoms with Crippen LogP contribution in [0.25, 0.3) is 0 Å². The minimum atomic E-state index is -2.76. The second-order valence-electron chi connectivity index (χ2n) is 6.22. The van der Waals surface area contributed by atoms with Crippen LogP contribution in [0.15, 0.2) is 0 Å². The fourth-order valence-corrected chi connectivity index (χ4v) is 4.00. The van der Waals surface area contributed by atoms with Crippen LogP contribution in [0, 0.1) is 5.41 Å². The van der Waals surface area contributed by atoms with Crippen molar-refractivity contribution >= 4 is 9.84 Å². The summed E-state index contributed by atoms with van der Waals surface area (Å²) in [5.41, 5.74) is 5.90. The first-order valence-corrected chi connectivity index (χ1v) is 8.76. The normalized spacial score (nSPS) is 21.4. The number of hydrogen-bond acceptors (Lipinski definition) is 4. The zero-order chi connectivity index (χ0) is 13.8. The molecule has 0 amide bonds. The Hall–Kier alpha value is -0.130. The fourth-order valence-electron chi connectivity index (χ4n) is 2.54. The van der Waals surface area contributed by atoms with E-state index in [0.717, 1.165) is 32.4 Å². The van der Waals surface area contributed by atoms with E-state index < -0.39 is 9.84 Å². The summed E-state index contributed by atoms with van der Waals surface area (Å²) in [6, 6.07) is 0.416. The average molecular weight is 276 g/mol. The molecule has 18 heavy (non-hydrogen) atoms. The Labute approximate surface area is 112 Å². The third-order valence-electron chi connectivity index (χ3n) is 3.74. The number of sulfone groups is 1. The van der Waals surface area contributed by atoms with Crippen LogP contribution < -0.4 is 5.73 Å². The summed E-state index contributed by atoms with van der Waals surface area (Å²) in [6.45, 7) is 9.18. The lowest BCUT2D eigenvalue weighted by molar-refractivity contribution is 0.124. The van der Waals surface area contributed by atoms with Gasteiger partial charge in [-0.25, -0.2) is 8.42 Å². The van der Waals surface area contributed by atoms with Gasteiger partial charge < -0.3 is 5.73 Å². The van der Waals surface area contributed by atoms with Crippen molar-refractivity contribution in [3.05, 3.63) is 0 Å². The quantitative estimate of drug-likeness (QED) is 0.793. The van der Waals surface area contributed by atoms with Gasteiger partial charge in [0.05, 0.1) is 11.5 Å². The second kappa shape index (κ2) is 6.35. The molecule has 108 valence electrons. The van der Waals surface area contributed by atoms with Gasteiger partial charge in [-0.3, -0.25) is 4.90 Å². The summed E-state index contributed by atoms with van der Waals surface area (Å²) >= 11 is 0. The highest BCUT2D eigenvalue weighted by Crippen LogP contribution is 2.23. The lowest BCUT2D eigenvalue weighted by Gasteiger charge is -2.39. The maximum atomic E-state index is 11.5. The van der Waals surface area contributed by atoms with Crippen LogP contribution in [-0.4, -0.2) is 50.5 Å². The first-order chi connectivity index (χ1) is 8.29. The molecule has 0 radical (unpaired) electrons. The molecule has 1 heterocycles. The van der Waals surface area contributed by atoms with E-state index in [0.29, 0.717) is 24.1 Å². The van der Waals surface area contributed by atoms with Gasteiger partial charge in [0.2, 0.25) is 0 Å². The zero-order valence-corrected chi connectivity index (χ0v) is 12.8. The van der Waals surface area contributed by atoms with Gasteiger partial charge in [0.15, 0.2) is 0 Å². The molecular weight excluding hydrogens is 248 g/mol. The SMILES string of the molecule is CCCN(CC(C)(C)CN)C1CCS(=O)(=O)CC1. The molecular formula is C13H28N2O2S. The van der Waals surface area contributed by atoms with Crippen LogP contribution in [0.5, 0.6) is 0 Å². The van der Waals surface area contributed by atoms with Crippen molar-refractivity contribution < 1.29 is 8.42 Å². The summed E-state index contributed by atoms with van der Waals surface area (Å²) < 4.78 is 23.0. The molecule has 0 aromatic rings. The van der Waals surface area contributed by atoms with Crippen LogP contribution in [-0.2, 0) is 9.84 Å². The van der Waals surface area contributed by atoms with E-state index in [4.69, 9.17) is 5.73 Å². The highest BCUT2D eigenvalue weighted by molar-refractivity contribution is 7.91. The third-order valence-corrected chi connectivity index (χ3v) is 5.45. The number of nitrogens with two attached hydrogens (primary N) is 1. The maximum absolute atomic E-state index is 11.5. The maximum Gasteiger partial charge on any atom is 0.150 e. The fraction of sp³-hybridized carbons (Fsp3) is 1.00. The van der Waals surface area contributed by atoms with Crippen molar-refractivity contribution in [1.29, 1.82) is 0 Å². The van der Waals surface area contributed by atoms with E-state index >= 15 is 0 Å². The summed E-state index contributed by atoms with van der Waals surface area (Å²) in [7, 11) is -2.76. The molecule has 1 saturated heterocycles. The van der Waals surface area contributed by atoms with Crippen LogP contribution in [0.1, 0.15) is 40.0 Å². The highest BCUT2D eigenvalue weighted by Gasteiger charge is 2.30. The second-order valence-corrected chi connectivity index (χ2v) is 8.53. The largest absolute Gasteiger partial charge is 0.330 e. The Morgan fingerprint density at radius 1 is 1.28 bits per heavy atom. The van der Waals surface area contributed by atoms with E-state index in [2.05, 4.69) is 25.7 Å². The van der Waals surface area contributed by atoms with Crippen molar-refractivity contribution in [1.82, 2.24) is 4.90 Å². The van der Waals surface area contributed by atoms with Crippen LogP contribution >= 0.6 is 0 Å². The highest BCUT2D eigenvalue weighted by atomic mass is 32.2. The predicted octanol–water partition coefficient (Wildman–Crippen LogP) is 1.26. The van der Waals surface area contributed by atoms with E-state index in [1.54, 1.807) is 0 Å². The molecule has 0 aromatic heterocycles. The standard InChI is InChI=1S/C13H28N2O2S/c1-4-7-15(11-13(2,3)10-14)12-5-8-18(16,17)9-6-12/h12H,4-11,14H2,1-3H3. The van der Waals surface area contributed by atoms with Gasteiger partial charge in [0.25, 0.3) is 0 Å². The average Bonchev–Trinajstić information content (AvgIpc) is 2.28. The molecule has 1 aliphatic heterocycles. The third kappa shape index (κ3) is 4.86. The smallest absolute Gasteiger partial charge is 0.150 e. The van der Waals surface area contributed by atoms with Gasteiger partial charge in [0, 0.05) is 12.6 Å². The lowest BCUT2D eigenvalue weighted by Crippen LogP contribution is -2.47. The Morgan fingerprint density at radius 3 is 2.28 bits per heavy atom. The van der Waals surface area contributed by atoms with Gasteiger partial charge in [-0.1, -0.05) is 20.8 Å². The van der Waals surface area contributed by atoms with Crippen molar-refractivity contribution in [2.45, 2.75) is 46.1 Å². The Balaban J connectivity index is 2.63. The van der Waals surface area contributed by atoms with E-state index in [1.165, 1.54) is 0 Å². The van der Waals surface area contributed by atoms with Gasteiger partial charge in [-0.15, -0.1) is 0 Å². The molecule has 4 nitrogen and oxygen atoms in total. The predicted molar refractivity (Wildman–Crippen MR) is 76.4 cm³/mol. The summed E-state index contributed by atoms with van der Waals surface area (Å²) in [5, 5.41) is 0. The number of rotatable bonds is 6.